The van der Waals surface area contributed by atoms with Crippen LogP contribution in [-0.4, -0.2) is 23.4 Å². The van der Waals surface area contributed by atoms with Gasteiger partial charge in [0.25, 0.3) is 0 Å². The number of hydrogen-bond acceptors (Lipinski definition) is 4. The minimum Gasteiger partial charge on any atom is -0.411 e. The average molecular weight is 165 g/mol. The molecule has 1 N–H and O–H groups in total. The van der Waals surface area contributed by atoms with Crippen LogP contribution in [-0.2, 0) is 0 Å². The van der Waals surface area contributed by atoms with Crippen molar-refractivity contribution in [3.8, 4) is 0 Å². The fourth-order valence-corrected chi connectivity index (χ4v) is 2.73. The molecule has 0 aromatic carbocycles. The highest BCUT2D eigenvalue weighted by molar-refractivity contribution is 8.76. The standard InChI is InChI=1S/C4H8S2.CH3NO/c1-2-4-6-5-3-1;1-2-3/h1-4H2;3H,1H2. The molecular formula is C5H11NOS2. The number of nitrogens with zero attached hydrogens (tertiary/aromatic N) is 1. The van der Waals surface area contributed by atoms with Crippen molar-refractivity contribution in [1.82, 2.24) is 0 Å². The fourth-order valence-electron chi connectivity index (χ4n) is 0.440. The van der Waals surface area contributed by atoms with Gasteiger partial charge in [0.2, 0.25) is 0 Å². The predicted octanol–water partition coefficient (Wildman–Crippen LogP) is 2.24. The van der Waals surface area contributed by atoms with E-state index >= 15 is 0 Å². The summed E-state index contributed by atoms with van der Waals surface area (Å²) < 4.78 is 0. The molecule has 1 heterocycles. The van der Waals surface area contributed by atoms with E-state index < -0.39 is 0 Å². The lowest BCUT2D eigenvalue weighted by Crippen LogP contribution is -1.86. The monoisotopic (exact) mass is 165 g/mol. The predicted molar refractivity (Wildman–Crippen MR) is 45.5 cm³/mol. The van der Waals surface area contributed by atoms with Crippen LogP contribution in [0, 0.1) is 0 Å². The van der Waals surface area contributed by atoms with Crippen molar-refractivity contribution < 1.29 is 5.21 Å². The zero-order chi connectivity index (χ0) is 6.95. The second-order valence-electron chi connectivity index (χ2n) is 1.49. The topological polar surface area (TPSA) is 32.6 Å². The van der Waals surface area contributed by atoms with Gasteiger partial charge in [0.15, 0.2) is 0 Å². The van der Waals surface area contributed by atoms with Crippen molar-refractivity contribution in [3.05, 3.63) is 0 Å². The first-order valence-corrected chi connectivity index (χ1v) is 5.25. The summed E-state index contributed by atoms with van der Waals surface area (Å²) in [5.41, 5.74) is 0. The van der Waals surface area contributed by atoms with Crippen molar-refractivity contribution in [2.75, 3.05) is 11.5 Å². The lowest BCUT2D eigenvalue weighted by molar-refractivity contribution is 0.323. The highest BCUT2D eigenvalue weighted by Gasteiger charge is 1.96. The summed E-state index contributed by atoms with van der Waals surface area (Å²) in [5, 5.41) is 9.33. The van der Waals surface area contributed by atoms with Gasteiger partial charge in [-0.2, -0.15) is 0 Å². The summed E-state index contributed by atoms with van der Waals surface area (Å²) in [7, 11) is 4.02. The van der Waals surface area contributed by atoms with Crippen LogP contribution >= 0.6 is 21.6 Å². The highest BCUT2D eigenvalue weighted by atomic mass is 33.1. The largest absolute Gasteiger partial charge is 0.411 e. The summed E-state index contributed by atoms with van der Waals surface area (Å²) in [4.78, 5) is 0. The summed E-state index contributed by atoms with van der Waals surface area (Å²) in [6.45, 7) is 2.67. The second kappa shape index (κ2) is 8.17. The van der Waals surface area contributed by atoms with Crippen LogP contribution in [0.2, 0.25) is 0 Å². The van der Waals surface area contributed by atoms with Gasteiger partial charge in [-0.25, -0.2) is 0 Å². The maximum Gasteiger partial charge on any atom is 0.0298 e. The summed E-state index contributed by atoms with van der Waals surface area (Å²) in [5.74, 6) is 2.76. The van der Waals surface area contributed by atoms with Crippen LogP contribution in [0.15, 0.2) is 5.16 Å². The molecule has 0 aromatic heterocycles. The van der Waals surface area contributed by atoms with E-state index in [1.165, 1.54) is 24.3 Å². The molecule has 9 heavy (non-hydrogen) atoms. The lowest BCUT2D eigenvalue weighted by atomic mass is 10.4. The van der Waals surface area contributed by atoms with Crippen molar-refractivity contribution in [2.45, 2.75) is 12.8 Å². The molecule has 0 amide bonds. The van der Waals surface area contributed by atoms with Crippen LogP contribution in [0.25, 0.3) is 0 Å². The van der Waals surface area contributed by atoms with Crippen LogP contribution in [0.5, 0.6) is 0 Å². The van der Waals surface area contributed by atoms with E-state index in [1.807, 2.05) is 21.6 Å². The molecule has 0 unspecified atom stereocenters. The van der Waals surface area contributed by atoms with Gasteiger partial charge < -0.3 is 5.21 Å². The molecule has 0 atom stereocenters. The molecule has 0 radical (unpaired) electrons. The van der Waals surface area contributed by atoms with Gasteiger partial charge >= 0.3 is 0 Å². The van der Waals surface area contributed by atoms with Gasteiger partial charge in [0.1, 0.15) is 0 Å². The Hall–Kier alpha value is 0.170. The molecule has 1 saturated heterocycles. The minimum atomic E-state index is 1.38. The molecule has 1 fully saturated rings. The highest BCUT2D eigenvalue weighted by Crippen LogP contribution is 2.28. The molecule has 0 aromatic rings. The van der Waals surface area contributed by atoms with Crippen molar-refractivity contribution >= 4 is 28.3 Å². The van der Waals surface area contributed by atoms with Gasteiger partial charge in [-0.1, -0.05) is 21.6 Å². The first-order chi connectivity index (χ1) is 4.41. The van der Waals surface area contributed by atoms with Crippen molar-refractivity contribution in [1.29, 1.82) is 0 Å². The Morgan fingerprint density at radius 3 is 1.67 bits per heavy atom. The molecule has 0 bridgehead atoms. The summed E-state index contributed by atoms with van der Waals surface area (Å²) in [6, 6.07) is 0. The SMILES string of the molecule is C1CCSSC1.C=NO. The first-order valence-electron chi connectivity index (χ1n) is 2.76. The summed E-state index contributed by atoms with van der Waals surface area (Å²) >= 11 is 0. The van der Waals surface area contributed by atoms with E-state index in [-0.39, 0.29) is 0 Å². The van der Waals surface area contributed by atoms with Crippen molar-refractivity contribution in [3.63, 3.8) is 0 Å². The Morgan fingerprint density at radius 2 is 1.56 bits per heavy atom. The normalized spacial score (nSPS) is 17.3. The fraction of sp³-hybridized carbons (Fsp3) is 0.800. The molecule has 0 aliphatic carbocycles. The van der Waals surface area contributed by atoms with E-state index in [0.717, 1.165) is 0 Å². The van der Waals surface area contributed by atoms with Gasteiger partial charge in [-0.15, -0.1) is 5.16 Å². The third-order valence-electron chi connectivity index (χ3n) is 0.789. The zero-order valence-corrected chi connectivity index (χ0v) is 6.88. The smallest absolute Gasteiger partial charge is 0.0298 e. The molecule has 0 saturated carbocycles. The van der Waals surface area contributed by atoms with E-state index in [2.05, 4.69) is 11.9 Å². The van der Waals surface area contributed by atoms with Crippen molar-refractivity contribution in [2.24, 2.45) is 5.16 Å². The van der Waals surface area contributed by atoms with E-state index in [0.29, 0.717) is 0 Å². The number of oxime groups is 1. The van der Waals surface area contributed by atoms with E-state index in [4.69, 9.17) is 5.21 Å². The Morgan fingerprint density at radius 1 is 1.22 bits per heavy atom. The minimum absolute atomic E-state index is 1.38. The van der Waals surface area contributed by atoms with Gasteiger partial charge in [0.05, 0.1) is 0 Å². The van der Waals surface area contributed by atoms with Crippen LogP contribution in [0.4, 0.5) is 0 Å². The molecule has 0 spiro atoms. The molecule has 1 aliphatic heterocycles. The Balaban J connectivity index is 0.000000187. The Bertz CT molecular complexity index is 54.5. The number of rotatable bonds is 0. The average Bonchev–Trinajstić information content (AvgIpc) is 1.93. The maximum absolute atomic E-state index is 7.08. The second-order valence-corrected chi connectivity index (χ2v) is 4.19. The van der Waals surface area contributed by atoms with Crippen LogP contribution in [0.3, 0.4) is 0 Å². The molecule has 1 rings (SSSR count). The van der Waals surface area contributed by atoms with Crippen LogP contribution < -0.4 is 0 Å². The third-order valence-corrected chi connectivity index (χ3v) is 3.37. The lowest BCUT2D eigenvalue weighted by Gasteiger charge is -2.04. The third kappa shape index (κ3) is 8.17. The van der Waals surface area contributed by atoms with Crippen LogP contribution in [0.1, 0.15) is 12.8 Å². The molecule has 1 aliphatic rings. The summed E-state index contributed by atoms with van der Waals surface area (Å²) in [6.07, 6.45) is 2.88. The Kier molecular flexibility index (Phi) is 8.32. The maximum atomic E-state index is 7.08. The quantitative estimate of drug-likeness (QED) is 0.258. The van der Waals surface area contributed by atoms with E-state index in [1.54, 1.807) is 0 Å². The first kappa shape index (κ1) is 9.17. The number of hydrogen-bond donors (Lipinski definition) is 1. The molecule has 54 valence electrons. The molecular weight excluding hydrogens is 154 g/mol. The zero-order valence-electron chi connectivity index (χ0n) is 5.25. The van der Waals surface area contributed by atoms with Gasteiger partial charge in [-0.05, 0) is 12.8 Å². The van der Waals surface area contributed by atoms with E-state index in [9.17, 15) is 0 Å². The van der Waals surface area contributed by atoms with Gasteiger partial charge in [-0.3, -0.25) is 0 Å². The Labute approximate surface area is 63.5 Å². The molecule has 2 nitrogen and oxygen atoms in total. The van der Waals surface area contributed by atoms with Gasteiger partial charge in [0, 0.05) is 18.2 Å². The molecule has 4 heteroatoms.